The number of nitrogens with two attached hydrogens (primary N) is 1. The second-order valence-corrected chi connectivity index (χ2v) is 8.55. The maximum absolute atomic E-state index is 9.63. The molecule has 5 heteroatoms. The lowest BCUT2D eigenvalue weighted by molar-refractivity contribution is -0.00225. The number of ether oxygens (including phenoxy) is 2. The van der Waals surface area contributed by atoms with E-state index in [1.165, 1.54) is 27.8 Å². The van der Waals surface area contributed by atoms with Crippen molar-refractivity contribution >= 4 is 0 Å². The minimum Gasteiger partial charge on any atom is -0.493 e. The molecule has 0 aliphatic carbocycles. The molecule has 0 saturated carbocycles. The molecule has 0 radical (unpaired) electrons. The van der Waals surface area contributed by atoms with E-state index in [4.69, 9.17) is 15.2 Å². The Labute approximate surface area is 173 Å². The van der Waals surface area contributed by atoms with Crippen LogP contribution in [0.15, 0.2) is 30.3 Å². The van der Waals surface area contributed by atoms with Gasteiger partial charge in [0.25, 0.3) is 0 Å². The number of hydrogen-bond acceptors (Lipinski definition) is 5. The second-order valence-electron chi connectivity index (χ2n) is 8.55. The van der Waals surface area contributed by atoms with Crippen LogP contribution >= 0.6 is 0 Å². The minimum absolute atomic E-state index is 0.113. The standard InChI is InChI=1S/C24H32N2O3/c1-14-5-6-15(2)18(9-14)20-13-26-8-7-17-10-24(29-16(3)27)23(28-4)11-19(17)22(26)12-21(20)25/h5-6,9-11,16,20-22,27H,7-8,12-13,25H2,1-4H3/t16-,20+,21?,22-/m1/s1. The Morgan fingerprint density at radius 3 is 2.66 bits per heavy atom. The smallest absolute Gasteiger partial charge is 0.194 e. The van der Waals surface area contributed by atoms with E-state index < -0.39 is 6.29 Å². The summed E-state index contributed by atoms with van der Waals surface area (Å²) in [6.45, 7) is 7.92. The fourth-order valence-electron chi connectivity index (χ4n) is 4.99. The summed E-state index contributed by atoms with van der Waals surface area (Å²) in [7, 11) is 1.64. The van der Waals surface area contributed by atoms with Crippen molar-refractivity contribution in [1.82, 2.24) is 4.90 Å². The minimum atomic E-state index is -0.872. The molecular formula is C24H32N2O3. The van der Waals surface area contributed by atoms with Crippen LogP contribution < -0.4 is 15.2 Å². The first kappa shape index (κ1) is 20.2. The number of piperidine rings is 1. The van der Waals surface area contributed by atoms with Gasteiger partial charge in [0.1, 0.15) is 0 Å². The van der Waals surface area contributed by atoms with E-state index in [0.717, 1.165) is 25.9 Å². The monoisotopic (exact) mass is 396 g/mol. The molecule has 2 aliphatic rings. The molecule has 29 heavy (non-hydrogen) atoms. The molecule has 156 valence electrons. The van der Waals surface area contributed by atoms with Gasteiger partial charge in [0.15, 0.2) is 17.8 Å². The van der Waals surface area contributed by atoms with Gasteiger partial charge in [-0.3, -0.25) is 4.90 Å². The molecule has 1 fully saturated rings. The first-order chi connectivity index (χ1) is 13.9. The van der Waals surface area contributed by atoms with Gasteiger partial charge in [-0.05, 0) is 68.0 Å². The average molecular weight is 397 g/mol. The maximum atomic E-state index is 9.63. The lowest BCUT2D eigenvalue weighted by Gasteiger charge is -2.47. The van der Waals surface area contributed by atoms with Crippen LogP contribution in [0.3, 0.4) is 0 Å². The molecule has 0 bridgehead atoms. The van der Waals surface area contributed by atoms with Gasteiger partial charge >= 0.3 is 0 Å². The molecule has 2 aliphatic heterocycles. The van der Waals surface area contributed by atoms with Crippen molar-refractivity contribution in [2.75, 3.05) is 20.2 Å². The van der Waals surface area contributed by atoms with Gasteiger partial charge in [0.05, 0.1) is 7.11 Å². The summed E-state index contributed by atoms with van der Waals surface area (Å²) in [4.78, 5) is 2.58. The van der Waals surface area contributed by atoms with Crippen LogP contribution in [0, 0.1) is 13.8 Å². The highest BCUT2D eigenvalue weighted by atomic mass is 16.6. The number of aliphatic hydroxyl groups is 1. The number of aryl methyl sites for hydroxylation is 2. The maximum Gasteiger partial charge on any atom is 0.194 e. The summed E-state index contributed by atoms with van der Waals surface area (Å²) in [5.74, 6) is 1.62. The van der Waals surface area contributed by atoms with Crippen LogP contribution in [0.25, 0.3) is 0 Å². The molecule has 5 nitrogen and oxygen atoms in total. The number of fused-ring (bicyclic) bond motifs is 3. The van der Waals surface area contributed by atoms with Crippen molar-refractivity contribution in [2.24, 2.45) is 5.73 Å². The van der Waals surface area contributed by atoms with Crippen LogP contribution in [0.5, 0.6) is 11.5 Å². The Kier molecular flexibility index (Phi) is 5.56. The highest BCUT2D eigenvalue weighted by Crippen LogP contribution is 2.44. The van der Waals surface area contributed by atoms with Gasteiger partial charge in [0.2, 0.25) is 0 Å². The van der Waals surface area contributed by atoms with E-state index in [9.17, 15) is 5.11 Å². The summed E-state index contributed by atoms with van der Waals surface area (Å²) >= 11 is 0. The first-order valence-electron chi connectivity index (χ1n) is 10.5. The van der Waals surface area contributed by atoms with E-state index >= 15 is 0 Å². The van der Waals surface area contributed by atoms with E-state index in [-0.39, 0.29) is 6.04 Å². The summed E-state index contributed by atoms with van der Waals surface area (Å²) in [5, 5.41) is 9.63. The fraction of sp³-hybridized carbons (Fsp3) is 0.500. The van der Waals surface area contributed by atoms with Crippen molar-refractivity contribution < 1.29 is 14.6 Å². The van der Waals surface area contributed by atoms with E-state index in [0.29, 0.717) is 23.5 Å². The zero-order valence-electron chi connectivity index (χ0n) is 17.8. The fourth-order valence-corrected chi connectivity index (χ4v) is 4.99. The lowest BCUT2D eigenvalue weighted by atomic mass is 9.77. The van der Waals surface area contributed by atoms with Crippen LogP contribution in [0.2, 0.25) is 0 Å². The third-order valence-electron chi connectivity index (χ3n) is 6.47. The summed E-state index contributed by atoms with van der Waals surface area (Å²) in [5.41, 5.74) is 13.3. The predicted octanol–water partition coefficient (Wildman–Crippen LogP) is 3.44. The van der Waals surface area contributed by atoms with Gasteiger partial charge in [-0.2, -0.15) is 0 Å². The second kappa shape index (κ2) is 7.98. The number of benzene rings is 2. The Hall–Kier alpha value is -2.08. The summed E-state index contributed by atoms with van der Waals surface area (Å²) < 4.78 is 11.1. The van der Waals surface area contributed by atoms with E-state index in [1.54, 1.807) is 14.0 Å². The van der Waals surface area contributed by atoms with Crippen molar-refractivity contribution in [1.29, 1.82) is 0 Å². The SMILES string of the molecule is COc1cc2c(cc1O[C@H](C)O)CCN1C[C@@H](c3cc(C)ccc3C)C(N)C[C@H]21. The van der Waals surface area contributed by atoms with Crippen molar-refractivity contribution in [3.8, 4) is 11.5 Å². The van der Waals surface area contributed by atoms with Crippen molar-refractivity contribution in [3.05, 3.63) is 58.1 Å². The lowest BCUT2D eigenvalue weighted by Crippen LogP contribution is -2.49. The third-order valence-corrected chi connectivity index (χ3v) is 6.47. The Balaban J connectivity index is 1.64. The van der Waals surface area contributed by atoms with Gasteiger partial charge in [-0.25, -0.2) is 0 Å². The Bertz CT molecular complexity index is 896. The number of methoxy groups -OCH3 is 1. The summed E-state index contributed by atoms with van der Waals surface area (Å²) in [6.07, 6.45) is 1.01. The molecule has 2 aromatic rings. The van der Waals surface area contributed by atoms with Gasteiger partial charge in [-0.1, -0.05) is 23.8 Å². The van der Waals surface area contributed by atoms with Crippen LogP contribution in [-0.4, -0.2) is 42.5 Å². The average Bonchev–Trinajstić information content (AvgIpc) is 2.68. The molecule has 2 heterocycles. The first-order valence-corrected chi connectivity index (χ1v) is 10.5. The molecular weight excluding hydrogens is 364 g/mol. The van der Waals surface area contributed by atoms with Crippen molar-refractivity contribution in [2.45, 2.75) is 57.9 Å². The van der Waals surface area contributed by atoms with Gasteiger partial charge in [0, 0.05) is 31.1 Å². The molecule has 1 unspecified atom stereocenters. The van der Waals surface area contributed by atoms with E-state index in [1.807, 2.05) is 6.07 Å². The van der Waals surface area contributed by atoms with E-state index in [2.05, 4.69) is 43.0 Å². The normalized spacial score (nSPS) is 25.1. The highest BCUT2D eigenvalue weighted by Gasteiger charge is 2.39. The summed E-state index contributed by atoms with van der Waals surface area (Å²) in [6, 6.07) is 11.2. The molecule has 4 atom stereocenters. The van der Waals surface area contributed by atoms with Crippen LogP contribution in [0.4, 0.5) is 0 Å². The topological polar surface area (TPSA) is 68.0 Å². The molecule has 0 amide bonds. The molecule has 2 aromatic carbocycles. The predicted molar refractivity (Wildman–Crippen MR) is 115 cm³/mol. The molecule has 4 rings (SSSR count). The number of hydrogen-bond donors (Lipinski definition) is 2. The number of rotatable bonds is 4. The number of aliphatic hydroxyl groups excluding tert-OH is 1. The Morgan fingerprint density at radius 2 is 1.93 bits per heavy atom. The van der Waals surface area contributed by atoms with Crippen LogP contribution in [0.1, 0.15) is 53.1 Å². The third kappa shape index (κ3) is 3.87. The molecule has 1 saturated heterocycles. The highest BCUT2D eigenvalue weighted by molar-refractivity contribution is 5.50. The molecule has 3 N–H and O–H groups in total. The zero-order chi connectivity index (χ0) is 20.7. The zero-order valence-corrected chi connectivity index (χ0v) is 17.8. The Morgan fingerprint density at radius 1 is 1.14 bits per heavy atom. The van der Waals surface area contributed by atoms with Crippen LogP contribution in [-0.2, 0) is 6.42 Å². The van der Waals surface area contributed by atoms with Gasteiger partial charge in [-0.15, -0.1) is 0 Å². The number of nitrogens with zero attached hydrogens (tertiary/aromatic N) is 1. The molecule has 0 aromatic heterocycles. The largest absolute Gasteiger partial charge is 0.493 e. The molecule has 0 spiro atoms. The van der Waals surface area contributed by atoms with Crippen molar-refractivity contribution in [3.63, 3.8) is 0 Å². The quantitative estimate of drug-likeness (QED) is 0.775. The van der Waals surface area contributed by atoms with Gasteiger partial charge < -0.3 is 20.3 Å².